The number of aliphatic imine (C=N–C) groups is 1. The van der Waals surface area contributed by atoms with Gasteiger partial charge in [-0.25, -0.2) is 4.79 Å². The van der Waals surface area contributed by atoms with E-state index in [-0.39, 0.29) is 48.8 Å². The first kappa shape index (κ1) is 41.1. The number of allylic oxidation sites excluding steroid dienone is 2. The maximum Gasteiger partial charge on any atom is 0.409 e. The molecule has 2 heterocycles. The van der Waals surface area contributed by atoms with E-state index in [1.165, 1.54) is 14.7 Å². The van der Waals surface area contributed by atoms with Gasteiger partial charge in [0.15, 0.2) is 5.96 Å². The molecule has 1 aromatic rings. The van der Waals surface area contributed by atoms with Crippen LogP contribution in [-0.4, -0.2) is 120 Å². The van der Waals surface area contributed by atoms with Crippen molar-refractivity contribution in [1.29, 1.82) is 0 Å². The van der Waals surface area contributed by atoms with Crippen molar-refractivity contribution in [3.05, 3.63) is 48.0 Å². The summed E-state index contributed by atoms with van der Waals surface area (Å²) in [5.41, 5.74) is 18.2. The largest absolute Gasteiger partial charge is 0.446 e. The molecule has 1 unspecified atom stereocenters. The molecule has 4 rings (SSSR count). The summed E-state index contributed by atoms with van der Waals surface area (Å²) in [5, 5.41) is 5.84. The van der Waals surface area contributed by atoms with Crippen LogP contribution in [0, 0.1) is 0 Å². The van der Waals surface area contributed by atoms with E-state index in [0.29, 0.717) is 71.1 Å². The predicted octanol–water partition coefficient (Wildman–Crippen LogP) is 1.54. The lowest BCUT2D eigenvalue weighted by atomic mass is 10.0. The smallest absolute Gasteiger partial charge is 0.409 e. The van der Waals surface area contributed by atoms with Gasteiger partial charge >= 0.3 is 6.09 Å². The van der Waals surface area contributed by atoms with Gasteiger partial charge in [0.05, 0.1) is 6.04 Å². The Kier molecular flexibility index (Phi) is 16.4. The van der Waals surface area contributed by atoms with Crippen molar-refractivity contribution in [2.45, 2.75) is 114 Å². The number of ether oxygens (including phenoxy) is 1. The van der Waals surface area contributed by atoms with Gasteiger partial charge in [-0.05, 0) is 89.0 Å². The third kappa shape index (κ3) is 12.8. The number of nitrogens with zero attached hydrogens (tertiary/aromatic N) is 4. The highest BCUT2D eigenvalue weighted by atomic mass is 16.6. The summed E-state index contributed by atoms with van der Waals surface area (Å²) in [6.07, 6.45) is 12.1. The number of hydrogen-bond acceptors (Lipinski definition) is 8. The number of rotatable bonds is 16. The lowest BCUT2D eigenvalue weighted by molar-refractivity contribution is -0.143. The first-order valence-corrected chi connectivity index (χ1v) is 19.2. The summed E-state index contributed by atoms with van der Waals surface area (Å²) in [7, 11) is 1.69. The molecule has 15 heteroatoms. The van der Waals surface area contributed by atoms with Crippen molar-refractivity contribution in [2.75, 3.05) is 39.8 Å². The molecule has 292 valence electrons. The van der Waals surface area contributed by atoms with Gasteiger partial charge < -0.3 is 47.3 Å². The van der Waals surface area contributed by atoms with Crippen molar-refractivity contribution in [3.63, 3.8) is 0 Å². The Labute approximate surface area is 313 Å². The second kappa shape index (κ2) is 21.1. The monoisotopic (exact) mass is 737 g/mol. The van der Waals surface area contributed by atoms with Crippen LogP contribution in [0.25, 0.3) is 0 Å². The average Bonchev–Trinajstić information content (AvgIpc) is 3.83. The van der Waals surface area contributed by atoms with Gasteiger partial charge in [-0.3, -0.25) is 24.2 Å². The molecule has 1 aliphatic carbocycles. The van der Waals surface area contributed by atoms with E-state index < -0.39 is 30.1 Å². The molecule has 8 N–H and O–H groups in total. The normalized spacial score (nSPS) is 21.7. The van der Waals surface area contributed by atoms with Crippen LogP contribution >= 0.6 is 0 Å². The van der Waals surface area contributed by atoms with E-state index >= 15 is 0 Å². The molecule has 1 aromatic carbocycles. The van der Waals surface area contributed by atoms with Crippen molar-refractivity contribution in [3.8, 4) is 0 Å². The number of benzene rings is 1. The van der Waals surface area contributed by atoms with Gasteiger partial charge in [0, 0.05) is 39.8 Å². The second-order valence-electron chi connectivity index (χ2n) is 14.2. The van der Waals surface area contributed by atoms with E-state index in [2.05, 4.69) is 27.8 Å². The average molecular weight is 738 g/mol. The van der Waals surface area contributed by atoms with Crippen LogP contribution in [0.5, 0.6) is 0 Å². The number of carbonyl (C=O) groups excluding carboxylic acids is 5. The van der Waals surface area contributed by atoms with Gasteiger partial charge in [0.2, 0.25) is 23.6 Å². The van der Waals surface area contributed by atoms with Crippen LogP contribution in [0.4, 0.5) is 4.79 Å². The fourth-order valence-electron chi connectivity index (χ4n) is 7.22. The number of nitrogens with two attached hydrogens (primary N) is 3. The maximum atomic E-state index is 14.0. The summed E-state index contributed by atoms with van der Waals surface area (Å²) in [6, 6.07) is 6.25. The zero-order valence-electron chi connectivity index (χ0n) is 31.1. The Morgan fingerprint density at radius 1 is 0.887 bits per heavy atom. The highest BCUT2D eigenvalue weighted by Gasteiger charge is 2.40. The van der Waals surface area contributed by atoms with Crippen molar-refractivity contribution >= 4 is 35.7 Å². The predicted molar refractivity (Wildman–Crippen MR) is 202 cm³/mol. The van der Waals surface area contributed by atoms with Gasteiger partial charge in [-0.15, -0.1) is 0 Å². The molecular formula is C38H59N9O6. The van der Waals surface area contributed by atoms with Crippen LogP contribution in [0.3, 0.4) is 0 Å². The third-order valence-electron chi connectivity index (χ3n) is 10.1. The SMILES string of the molecule is CN(CCCNC(=O)[C@@H]1CCCN1C(=O)[C@H](CCCN=C(N)N)NC(=O)[C@@H]1CCCN1C(=O)[C@H](N)Cc1ccccc1)C(=O)OC1CC/C=C\CCC1. The minimum absolute atomic E-state index is 0.0733. The lowest BCUT2D eigenvalue weighted by Crippen LogP contribution is -2.57. The summed E-state index contributed by atoms with van der Waals surface area (Å²) < 4.78 is 5.71. The summed E-state index contributed by atoms with van der Waals surface area (Å²) in [4.78, 5) is 75.8. The molecule has 2 aliphatic heterocycles. The topological polar surface area (TPSA) is 219 Å². The van der Waals surface area contributed by atoms with Gasteiger partial charge in [-0.1, -0.05) is 42.5 Å². The van der Waals surface area contributed by atoms with Crippen molar-refractivity contribution in [2.24, 2.45) is 22.2 Å². The number of hydrogen-bond donors (Lipinski definition) is 5. The fraction of sp³-hybridized carbons (Fsp3) is 0.632. The first-order chi connectivity index (χ1) is 25.5. The maximum absolute atomic E-state index is 14.0. The number of guanidine groups is 1. The van der Waals surface area contributed by atoms with Crippen LogP contribution in [0.2, 0.25) is 0 Å². The molecule has 3 aliphatic rings. The van der Waals surface area contributed by atoms with E-state index in [1.807, 2.05) is 30.3 Å². The summed E-state index contributed by atoms with van der Waals surface area (Å²) in [5.74, 6) is -1.47. The number of likely N-dealkylation sites (tertiary alicyclic amines) is 2. The minimum atomic E-state index is -0.950. The van der Waals surface area contributed by atoms with E-state index in [1.54, 1.807) is 7.05 Å². The Hall–Kier alpha value is -4.66. The van der Waals surface area contributed by atoms with Crippen molar-refractivity contribution < 1.29 is 28.7 Å². The molecule has 53 heavy (non-hydrogen) atoms. The number of nitrogens with one attached hydrogen (secondary N) is 2. The van der Waals surface area contributed by atoms with Crippen molar-refractivity contribution in [1.82, 2.24) is 25.3 Å². The van der Waals surface area contributed by atoms with E-state index in [0.717, 1.165) is 37.7 Å². The molecular weight excluding hydrogens is 678 g/mol. The van der Waals surface area contributed by atoms with Crippen LogP contribution < -0.4 is 27.8 Å². The zero-order chi connectivity index (χ0) is 38.2. The standard InChI is InChI=1S/C38H59N9O6/c1-45(38(52)53-28-16-8-3-2-4-9-17-28)23-13-22-42-33(48)31-19-11-25-47(31)36(51)30(18-10-21-43-37(40)41)44-34(49)32-20-12-24-46(32)35(50)29(39)26-27-14-6-5-7-15-27/h2-3,5-7,14-15,28-32H,4,8-13,16-26,39H2,1H3,(H,42,48)(H,44,49)(H4,40,41,43)/b3-2-/t28?,29-,30+,31+,32+/m1/s1. The Morgan fingerprint density at radius 2 is 1.57 bits per heavy atom. The zero-order valence-corrected chi connectivity index (χ0v) is 31.1. The van der Waals surface area contributed by atoms with Gasteiger partial charge in [0.25, 0.3) is 0 Å². The van der Waals surface area contributed by atoms with E-state index in [9.17, 15) is 24.0 Å². The molecule has 0 spiro atoms. The number of amides is 5. The molecule has 0 saturated carbocycles. The molecule has 0 radical (unpaired) electrons. The molecule has 5 atom stereocenters. The fourth-order valence-corrected chi connectivity index (χ4v) is 7.22. The second-order valence-corrected chi connectivity index (χ2v) is 14.2. The Morgan fingerprint density at radius 3 is 2.28 bits per heavy atom. The van der Waals surface area contributed by atoms with Crippen LogP contribution in [0.1, 0.15) is 82.6 Å². The third-order valence-corrected chi connectivity index (χ3v) is 10.1. The molecule has 15 nitrogen and oxygen atoms in total. The Bertz CT molecular complexity index is 1440. The first-order valence-electron chi connectivity index (χ1n) is 19.2. The van der Waals surface area contributed by atoms with E-state index in [4.69, 9.17) is 21.9 Å². The van der Waals surface area contributed by atoms with Gasteiger partial charge in [-0.2, -0.15) is 0 Å². The summed E-state index contributed by atoms with van der Waals surface area (Å²) in [6.45, 7) is 1.74. The molecule has 2 fully saturated rings. The van der Waals surface area contributed by atoms with Gasteiger partial charge in [0.1, 0.15) is 24.2 Å². The summed E-state index contributed by atoms with van der Waals surface area (Å²) >= 11 is 0. The van der Waals surface area contributed by atoms with Crippen LogP contribution in [0.15, 0.2) is 47.5 Å². The number of carbonyl (C=O) groups is 5. The Balaban J connectivity index is 1.31. The molecule has 0 bridgehead atoms. The molecule has 2 saturated heterocycles. The highest BCUT2D eigenvalue weighted by molar-refractivity contribution is 5.95. The van der Waals surface area contributed by atoms with Crippen LogP contribution in [-0.2, 0) is 30.3 Å². The highest BCUT2D eigenvalue weighted by Crippen LogP contribution is 2.23. The lowest BCUT2D eigenvalue weighted by Gasteiger charge is -2.31. The molecule has 0 aromatic heterocycles. The minimum Gasteiger partial charge on any atom is -0.446 e. The quantitative estimate of drug-likeness (QED) is 0.0718. The molecule has 5 amide bonds.